The second-order valence-electron chi connectivity index (χ2n) is 4.51. The van der Waals surface area contributed by atoms with Gasteiger partial charge in [-0.1, -0.05) is 37.3 Å². The molecule has 0 aliphatic carbocycles. The molecule has 86 valence electrons. The van der Waals surface area contributed by atoms with E-state index < -0.39 is 6.04 Å². The molecule has 0 spiro atoms. The fourth-order valence-electron chi connectivity index (χ4n) is 2.29. The number of hydrogen-bond donors (Lipinski definition) is 0. The summed E-state index contributed by atoms with van der Waals surface area (Å²) in [6.45, 7) is 4.16. The molecule has 2 rings (SSSR count). The summed E-state index contributed by atoms with van der Waals surface area (Å²) in [5, 5.41) is 10.8. The van der Waals surface area contributed by atoms with Crippen LogP contribution in [-0.4, -0.2) is 29.0 Å². The van der Waals surface area contributed by atoms with Gasteiger partial charge in [0.2, 0.25) is 6.04 Å². The number of likely N-dealkylation sites (tertiary alicyclic amines) is 1. The third kappa shape index (κ3) is 2.39. The topological polar surface area (TPSA) is 46.4 Å². The Hall–Kier alpha value is -1.42. The molecule has 0 saturated carbocycles. The molecule has 1 saturated heterocycles. The van der Waals surface area contributed by atoms with Crippen LogP contribution in [0.1, 0.15) is 12.5 Å². The summed E-state index contributed by atoms with van der Waals surface area (Å²) in [6.07, 6.45) is 0. The van der Waals surface area contributed by atoms with E-state index in [-0.39, 0.29) is 10.8 Å². The third-order valence-corrected chi connectivity index (χ3v) is 3.17. The number of nitro groups is 1. The smallest absolute Gasteiger partial charge is 0.229 e. The second-order valence-corrected chi connectivity index (χ2v) is 4.51. The van der Waals surface area contributed by atoms with E-state index in [1.165, 1.54) is 5.56 Å². The van der Waals surface area contributed by atoms with Crippen LogP contribution < -0.4 is 0 Å². The maximum atomic E-state index is 10.8. The first-order valence-corrected chi connectivity index (χ1v) is 5.56. The number of nitrogens with zero attached hydrogens (tertiary/aromatic N) is 2. The Morgan fingerprint density at radius 3 is 2.62 bits per heavy atom. The van der Waals surface area contributed by atoms with Gasteiger partial charge in [0.05, 0.1) is 6.54 Å². The maximum Gasteiger partial charge on any atom is 0.229 e. The molecule has 4 nitrogen and oxygen atoms in total. The summed E-state index contributed by atoms with van der Waals surface area (Å²) < 4.78 is 0. The molecule has 0 aromatic heterocycles. The third-order valence-electron chi connectivity index (χ3n) is 3.17. The number of hydrogen-bond acceptors (Lipinski definition) is 3. The van der Waals surface area contributed by atoms with Gasteiger partial charge in [0.1, 0.15) is 0 Å². The zero-order chi connectivity index (χ0) is 11.5. The fraction of sp³-hybridized carbons (Fsp3) is 0.500. The van der Waals surface area contributed by atoms with Crippen molar-refractivity contribution in [1.29, 1.82) is 0 Å². The largest absolute Gasteiger partial charge is 0.292 e. The van der Waals surface area contributed by atoms with Crippen LogP contribution in [0.3, 0.4) is 0 Å². The monoisotopic (exact) mass is 220 g/mol. The Kier molecular flexibility index (Phi) is 3.19. The normalized spacial score (nSPS) is 25.8. The van der Waals surface area contributed by atoms with E-state index in [4.69, 9.17) is 0 Å². The van der Waals surface area contributed by atoms with E-state index in [1.807, 2.05) is 25.1 Å². The van der Waals surface area contributed by atoms with Gasteiger partial charge in [-0.25, -0.2) is 0 Å². The van der Waals surface area contributed by atoms with Gasteiger partial charge in [-0.3, -0.25) is 15.0 Å². The van der Waals surface area contributed by atoms with E-state index >= 15 is 0 Å². The molecule has 0 bridgehead atoms. The molecule has 4 heteroatoms. The standard InChI is InChI=1S/C12H16N2O2/c1-10-7-13(9-12(10)14(15)16)8-11-5-3-2-4-6-11/h2-6,10,12H,7-9H2,1H3/t10-,12-/m1/s1. The van der Waals surface area contributed by atoms with Crippen molar-refractivity contribution in [3.63, 3.8) is 0 Å². The van der Waals surface area contributed by atoms with Crippen LogP contribution in [-0.2, 0) is 6.54 Å². The van der Waals surface area contributed by atoms with Crippen molar-refractivity contribution in [1.82, 2.24) is 4.90 Å². The van der Waals surface area contributed by atoms with Crippen molar-refractivity contribution >= 4 is 0 Å². The van der Waals surface area contributed by atoms with Gasteiger partial charge in [-0.2, -0.15) is 0 Å². The quantitative estimate of drug-likeness (QED) is 0.576. The Bertz CT molecular complexity index is 367. The van der Waals surface area contributed by atoms with Crippen LogP contribution in [0.2, 0.25) is 0 Å². The summed E-state index contributed by atoms with van der Waals surface area (Å²) in [5.74, 6) is 0.152. The van der Waals surface area contributed by atoms with Gasteiger partial charge in [-0.05, 0) is 5.56 Å². The first kappa shape index (κ1) is 11.1. The Labute approximate surface area is 95.0 Å². The van der Waals surface area contributed by atoms with E-state index in [9.17, 15) is 10.1 Å². The molecule has 1 aliphatic rings. The molecule has 1 aromatic rings. The first-order chi connectivity index (χ1) is 7.66. The van der Waals surface area contributed by atoms with Gasteiger partial charge >= 0.3 is 0 Å². The predicted molar refractivity (Wildman–Crippen MR) is 61.7 cm³/mol. The van der Waals surface area contributed by atoms with Crippen LogP contribution in [0.5, 0.6) is 0 Å². The van der Waals surface area contributed by atoms with Gasteiger partial charge < -0.3 is 0 Å². The molecule has 0 N–H and O–H groups in total. The van der Waals surface area contributed by atoms with Crippen LogP contribution in [0, 0.1) is 16.0 Å². The van der Waals surface area contributed by atoms with Gasteiger partial charge in [0, 0.05) is 23.9 Å². The molecule has 0 unspecified atom stereocenters. The van der Waals surface area contributed by atoms with Crippen molar-refractivity contribution in [3.8, 4) is 0 Å². The highest BCUT2D eigenvalue weighted by molar-refractivity contribution is 5.14. The van der Waals surface area contributed by atoms with E-state index in [2.05, 4.69) is 17.0 Å². The zero-order valence-corrected chi connectivity index (χ0v) is 9.37. The van der Waals surface area contributed by atoms with E-state index in [0.29, 0.717) is 6.54 Å². The summed E-state index contributed by atoms with van der Waals surface area (Å²) in [7, 11) is 0. The van der Waals surface area contributed by atoms with E-state index in [0.717, 1.165) is 13.1 Å². The molecule has 1 aromatic carbocycles. The lowest BCUT2D eigenvalue weighted by Crippen LogP contribution is -2.27. The lowest BCUT2D eigenvalue weighted by Gasteiger charge is -2.13. The summed E-state index contributed by atoms with van der Waals surface area (Å²) in [5.41, 5.74) is 1.22. The van der Waals surface area contributed by atoms with Crippen molar-refractivity contribution in [2.24, 2.45) is 5.92 Å². The molecule has 0 amide bonds. The lowest BCUT2D eigenvalue weighted by atomic mass is 10.1. The molecule has 0 radical (unpaired) electrons. The van der Waals surface area contributed by atoms with Gasteiger partial charge in [-0.15, -0.1) is 0 Å². The Morgan fingerprint density at radius 1 is 1.38 bits per heavy atom. The highest BCUT2D eigenvalue weighted by atomic mass is 16.6. The van der Waals surface area contributed by atoms with Gasteiger partial charge in [0.15, 0.2) is 0 Å². The minimum absolute atomic E-state index is 0.143. The predicted octanol–water partition coefficient (Wildman–Crippen LogP) is 1.78. The molecule has 16 heavy (non-hydrogen) atoms. The molecule has 1 heterocycles. The van der Waals surface area contributed by atoms with Crippen LogP contribution in [0.15, 0.2) is 30.3 Å². The van der Waals surface area contributed by atoms with Crippen LogP contribution in [0.4, 0.5) is 0 Å². The highest BCUT2D eigenvalue weighted by Crippen LogP contribution is 2.20. The first-order valence-electron chi connectivity index (χ1n) is 5.56. The fourth-order valence-corrected chi connectivity index (χ4v) is 2.29. The Morgan fingerprint density at radius 2 is 2.06 bits per heavy atom. The molecular weight excluding hydrogens is 204 g/mol. The molecular formula is C12H16N2O2. The van der Waals surface area contributed by atoms with Crippen LogP contribution in [0.25, 0.3) is 0 Å². The molecule has 1 fully saturated rings. The minimum atomic E-state index is -0.399. The summed E-state index contributed by atoms with van der Waals surface area (Å²) >= 11 is 0. The minimum Gasteiger partial charge on any atom is -0.292 e. The maximum absolute atomic E-state index is 10.8. The van der Waals surface area contributed by atoms with Crippen molar-refractivity contribution < 1.29 is 4.92 Å². The second kappa shape index (κ2) is 4.61. The molecule has 2 atom stereocenters. The van der Waals surface area contributed by atoms with Gasteiger partial charge in [0.25, 0.3) is 0 Å². The van der Waals surface area contributed by atoms with Crippen molar-refractivity contribution in [2.45, 2.75) is 19.5 Å². The highest BCUT2D eigenvalue weighted by Gasteiger charge is 2.37. The lowest BCUT2D eigenvalue weighted by molar-refractivity contribution is -0.525. The number of rotatable bonds is 3. The van der Waals surface area contributed by atoms with Crippen molar-refractivity contribution in [2.75, 3.05) is 13.1 Å². The number of benzene rings is 1. The molecule has 1 aliphatic heterocycles. The average Bonchev–Trinajstić information content (AvgIpc) is 2.61. The Balaban J connectivity index is 1.96. The summed E-state index contributed by atoms with van der Waals surface area (Å²) in [6, 6.07) is 9.70. The van der Waals surface area contributed by atoms with Crippen molar-refractivity contribution in [3.05, 3.63) is 46.0 Å². The zero-order valence-electron chi connectivity index (χ0n) is 9.37. The average molecular weight is 220 g/mol. The summed E-state index contributed by atoms with van der Waals surface area (Å²) in [4.78, 5) is 12.8. The van der Waals surface area contributed by atoms with Crippen LogP contribution >= 0.6 is 0 Å². The van der Waals surface area contributed by atoms with E-state index in [1.54, 1.807) is 0 Å². The SMILES string of the molecule is C[C@@H]1CN(Cc2ccccc2)C[C@H]1[N+](=O)[O-].